The SMILES string of the molecule is CC1CCN(C(=O)c2ccc(C(C)(C)C)o2)C[C@H]1c1cc(C(F)F)nc2ncnn12. The predicted octanol–water partition coefficient (Wildman–Crippen LogP) is 4.22. The first-order valence-corrected chi connectivity index (χ1v) is 10.0. The third kappa shape index (κ3) is 3.68. The zero-order chi connectivity index (χ0) is 21.6. The molecule has 30 heavy (non-hydrogen) atoms. The molecule has 0 aliphatic carbocycles. The molecule has 3 aromatic heterocycles. The molecule has 0 spiro atoms. The van der Waals surface area contributed by atoms with Crippen molar-refractivity contribution < 1.29 is 18.0 Å². The lowest BCUT2D eigenvalue weighted by molar-refractivity contribution is 0.0630. The summed E-state index contributed by atoms with van der Waals surface area (Å²) in [6.45, 7) is 9.08. The third-order valence-electron chi connectivity index (χ3n) is 5.70. The highest BCUT2D eigenvalue weighted by Gasteiger charge is 2.34. The second-order valence-electron chi connectivity index (χ2n) is 8.92. The van der Waals surface area contributed by atoms with Gasteiger partial charge in [-0.15, -0.1) is 0 Å². The Morgan fingerprint density at radius 3 is 2.73 bits per heavy atom. The van der Waals surface area contributed by atoms with Gasteiger partial charge in [0.1, 0.15) is 17.8 Å². The number of fused-ring (bicyclic) bond motifs is 1. The zero-order valence-electron chi connectivity index (χ0n) is 17.5. The lowest BCUT2D eigenvalue weighted by Gasteiger charge is -2.37. The number of carbonyl (C=O) groups excluding carboxylic acids is 1. The molecular weight excluding hydrogens is 392 g/mol. The van der Waals surface area contributed by atoms with E-state index in [-0.39, 0.29) is 34.6 Å². The van der Waals surface area contributed by atoms with Gasteiger partial charge >= 0.3 is 0 Å². The summed E-state index contributed by atoms with van der Waals surface area (Å²) in [6, 6.07) is 4.91. The fraction of sp³-hybridized carbons (Fsp3) is 0.524. The Kier molecular flexibility index (Phi) is 5.07. The number of rotatable bonds is 3. The maximum Gasteiger partial charge on any atom is 0.289 e. The van der Waals surface area contributed by atoms with Crippen LogP contribution >= 0.6 is 0 Å². The van der Waals surface area contributed by atoms with E-state index in [9.17, 15) is 13.6 Å². The summed E-state index contributed by atoms with van der Waals surface area (Å²) in [7, 11) is 0. The molecule has 0 saturated carbocycles. The van der Waals surface area contributed by atoms with Gasteiger partial charge in [-0.2, -0.15) is 10.1 Å². The van der Waals surface area contributed by atoms with E-state index in [4.69, 9.17) is 4.42 Å². The molecule has 4 heterocycles. The summed E-state index contributed by atoms with van der Waals surface area (Å²) in [6.07, 6.45) is -0.666. The summed E-state index contributed by atoms with van der Waals surface area (Å²) in [5.41, 5.74) is 0.0634. The van der Waals surface area contributed by atoms with Crippen molar-refractivity contribution in [3.05, 3.63) is 47.4 Å². The van der Waals surface area contributed by atoms with Crippen LogP contribution in [-0.4, -0.2) is 43.5 Å². The average Bonchev–Trinajstić information content (AvgIpc) is 3.36. The number of likely N-dealkylation sites (tertiary alicyclic amines) is 1. The molecule has 7 nitrogen and oxygen atoms in total. The van der Waals surface area contributed by atoms with E-state index in [0.29, 0.717) is 24.5 Å². The monoisotopic (exact) mass is 417 g/mol. The Morgan fingerprint density at radius 1 is 1.30 bits per heavy atom. The topological polar surface area (TPSA) is 76.5 Å². The van der Waals surface area contributed by atoms with Gasteiger partial charge in [0.15, 0.2) is 5.76 Å². The minimum atomic E-state index is -2.71. The van der Waals surface area contributed by atoms with Crippen molar-refractivity contribution in [1.29, 1.82) is 0 Å². The van der Waals surface area contributed by atoms with E-state index < -0.39 is 6.43 Å². The van der Waals surface area contributed by atoms with Crippen LogP contribution in [0.2, 0.25) is 0 Å². The van der Waals surface area contributed by atoms with E-state index in [1.165, 1.54) is 16.9 Å². The van der Waals surface area contributed by atoms with Gasteiger partial charge in [0.2, 0.25) is 0 Å². The number of amides is 1. The fourth-order valence-corrected chi connectivity index (χ4v) is 3.88. The molecular formula is C21H25F2N5O2. The molecule has 1 unspecified atom stereocenters. The van der Waals surface area contributed by atoms with Crippen LogP contribution in [0.15, 0.2) is 28.9 Å². The molecule has 9 heteroatoms. The summed E-state index contributed by atoms with van der Waals surface area (Å²) in [5.74, 6) is 0.982. The minimum absolute atomic E-state index is 0.138. The Balaban J connectivity index is 1.64. The zero-order valence-corrected chi connectivity index (χ0v) is 17.5. The molecule has 0 bridgehead atoms. The van der Waals surface area contributed by atoms with E-state index in [1.807, 2.05) is 26.8 Å². The largest absolute Gasteiger partial charge is 0.455 e. The van der Waals surface area contributed by atoms with Crippen molar-refractivity contribution in [3.8, 4) is 0 Å². The molecule has 0 aromatic carbocycles. The van der Waals surface area contributed by atoms with E-state index in [1.54, 1.807) is 11.0 Å². The van der Waals surface area contributed by atoms with Crippen LogP contribution in [0.1, 0.15) is 74.2 Å². The van der Waals surface area contributed by atoms with Gasteiger partial charge in [-0.25, -0.2) is 18.3 Å². The molecule has 0 N–H and O–H groups in total. The van der Waals surface area contributed by atoms with Crippen molar-refractivity contribution in [2.24, 2.45) is 5.92 Å². The Labute approximate surface area is 173 Å². The van der Waals surface area contributed by atoms with Crippen LogP contribution in [0.5, 0.6) is 0 Å². The Morgan fingerprint density at radius 2 is 2.07 bits per heavy atom. The maximum atomic E-state index is 13.4. The van der Waals surface area contributed by atoms with Crippen LogP contribution in [0.25, 0.3) is 5.78 Å². The lowest BCUT2D eigenvalue weighted by Crippen LogP contribution is -2.42. The summed E-state index contributed by atoms with van der Waals surface area (Å²) >= 11 is 0. The molecule has 1 saturated heterocycles. The van der Waals surface area contributed by atoms with Crippen molar-refractivity contribution >= 4 is 11.7 Å². The van der Waals surface area contributed by atoms with Gasteiger partial charge in [0.25, 0.3) is 18.1 Å². The molecule has 160 valence electrons. The van der Waals surface area contributed by atoms with Gasteiger partial charge in [-0.05, 0) is 30.5 Å². The Bertz CT molecular complexity index is 1070. The molecule has 1 amide bonds. The number of alkyl halides is 2. The summed E-state index contributed by atoms with van der Waals surface area (Å²) in [5, 5.41) is 4.16. The van der Waals surface area contributed by atoms with Gasteiger partial charge in [0.05, 0.1) is 5.69 Å². The number of piperidine rings is 1. The van der Waals surface area contributed by atoms with Crippen LogP contribution in [-0.2, 0) is 5.41 Å². The summed E-state index contributed by atoms with van der Waals surface area (Å²) < 4.78 is 34.1. The van der Waals surface area contributed by atoms with E-state index >= 15 is 0 Å². The first kappa shape index (κ1) is 20.4. The van der Waals surface area contributed by atoms with Crippen LogP contribution in [0, 0.1) is 5.92 Å². The quantitative estimate of drug-likeness (QED) is 0.638. The molecule has 3 aromatic rings. The van der Waals surface area contributed by atoms with Gasteiger partial charge in [-0.1, -0.05) is 27.7 Å². The Hall–Kier alpha value is -2.84. The molecule has 0 radical (unpaired) electrons. The highest BCUT2D eigenvalue weighted by Crippen LogP contribution is 2.34. The standard InChI is InChI=1S/C21H25F2N5O2/c1-12-7-8-27(19(29)16-5-6-17(30-16)21(2,3)4)10-13(12)15-9-14(18(22)23)26-20-24-11-25-28(15)20/h5-6,9,11-13,18H,7-8,10H2,1-4H3/t12?,13-/m1/s1. The molecule has 1 aliphatic heterocycles. The highest BCUT2D eigenvalue weighted by molar-refractivity contribution is 5.91. The molecule has 2 atom stereocenters. The molecule has 4 rings (SSSR count). The van der Waals surface area contributed by atoms with Gasteiger partial charge in [0, 0.05) is 24.4 Å². The number of hydrogen-bond acceptors (Lipinski definition) is 5. The summed E-state index contributed by atoms with van der Waals surface area (Å²) in [4.78, 5) is 22.7. The molecule has 1 fully saturated rings. The van der Waals surface area contributed by atoms with Crippen molar-refractivity contribution in [3.63, 3.8) is 0 Å². The number of halogens is 2. The predicted molar refractivity (Wildman–Crippen MR) is 106 cm³/mol. The highest BCUT2D eigenvalue weighted by atomic mass is 19.3. The van der Waals surface area contributed by atoms with Crippen molar-refractivity contribution in [2.75, 3.05) is 13.1 Å². The van der Waals surface area contributed by atoms with E-state index in [0.717, 1.165) is 12.2 Å². The second kappa shape index (κ2) is 7.45. The normalized spacial score (nSPS) is 20.3. The lowest BCUT2D eigenvalue weighted by atomic mass is 9.84. The first-order chi connectivity index (χ1) is 14.1. The number of furan rings is 1. The fourth-order valence-electron chi connectivity index (χ4n) is 3.88. The van der Waals surface area contributed by atoms with Crippen molar-refractivity contribution in [1.82, 2.24) is 24.5 Å². The smallest absolute Gasteiger partial charge is 0.289 e. The minimum Gasteiger partial charge on any atom is -0.455 e. The van der Waals surface area contributed by atoms with Gasteiger partial charge < -0.3 is 9.32 Å². The average molecular weight is 417 g/mol. The van der Waals surface area contributed by atoms with Crippen molar-refractivity contribution in [2.45, 2.75) is 51.9 Å². The van der Waals surface area contributed by atoms with E-state index in [2.05, 4.69) is 22.0 Å². The number of aromatic nitrogens is 4. The van der Waals surface area contributed by atoms with Crippen LogP contribution < -0.4 is 0 Å². The van der Waals surface area contributed by atoms with Gasteiger partial charge in [-0.3, -0.25) is 4.79 Å². The number of hydrogen-bond donors (Lipinski definition) is 0. The maximum absolute atomic E-state index is 13.4. The van der Waals surface area contributed by atoms with Crippen LogP contribution in [0.3, 0.4) is 0 Å². The number of carbonyl (C=O) groups is 1. The first-order valence-electron chi connectivity index (χ1n) is 10.0. The van der Waals surface area contributed by atoms with Crippen LogP contribution in [0.4, 0.5) is 8.78 Å². The third-order valence-corrected chi connectivity index (χ3v) is 5.70. The second-order valence-corrected chi connectivity index (χ2v) is 8.92. The number of nitrogens with zero attached hydrogens (tertiary/aromatic N) is 5. The molecule has 1 aliphatic rings.